The summed E-state index contributed by atoms with van der Waals surface area (Å²) in [6, 6.07) is 16.0. The van der Waals surface area contributed by atoms with Crippen molar-refractivity contribution in [1.29, 1.82) is 0 Å². The number of ether oxygens (including phenoxy) is 1. The third kappa shape index (κ3) is 6.00. The number of benzene rings is 2. The Labute approximate surface area is 147 Å². The van der Waals surface area contributed by atoms with Gasteiger partial charge in [-0.05, 0) is 19.4 Å². The summed E-state index contributed by atoms with van der Waals surface area (Å²) in [4.78, 5) is 22.8. The molecule has 0 spiro atoms. The molecule has 1 N–H and O–H groups in total. The summed E-state index contributed by atoms with van der Waals surface area (Å²) in [5, 5.41) is 13.9. The molecular weight excluding hydrogens is 320 g/mol. The summed E-state index contributed by atoms with van der Waals surface area (Å²) in [5.41, 5.74) is 0.835. The van der Waals surface area contributed by atoms with Gasteiger partial charge in [-0.1, -0.05) is 48.5 Å². The van der Waals surface area contributed by atoms with Crippen LogP contribution in [0.25, 0.3) is 0 Å². The fraction of sp³-hybridized carbons (Fsp3) is 0.316. The fourth-order valence-corrected chi connectivity index (χ4v) is 2.47. The zero-order chi connectivity index (χ0) is 18.3. The van der Waals surface area contributed by atoms with Crippen molar-refractivity contribution in [2.24, 2.45) is 0 Å². The highest BCUT2D eigenvalue weighted by atomic mass is 16.6. The molecule has 0 aliphatic rings. The summed E-state index contributed by atoms with van der Waals surface area (Å²) in [7, 11) is 0. The SMILES string of the molecule is CC(C)(COCc1ccccc1)NC(=O)Cc1ccccc1[N+](=O)[O-]. The first-order chi connectivity index (χ1) is 11.9. The zero-order valence-electron chi connectivity index (χ0n) is 14.4. The quantitative estimate of drug-likeness (QED) is 0.590. The molecule has 25 heavy (non-hydrogen) atoms. The van der Waals surface area contributed by atoms with Crippen LogP contribution in [0.1, 0.15) is 25.0 Å². The maximum absolute atomic E-state index is 12.2. The minimum absolute atomic E-state index is 0.0424. The number of hydrogen-bond acceptors (Lipinski definition) is 4. The highest BCUT2D eigenvalue weighted by molar-refractivity contribution is 5.80. The average molecular weight is 342 g/mol. The predicted molar refractivity (Wildman–Crippen MR) is 95.1 cm³/mol. The van der Waals surface area contributed by atoms with E-state index in [1.807, 2.05) is 44.2 Å². The fourth-order valence-electron chi connectivity index (χ4n) is 2.47. The molecule has 6 heteroatoms. The Morgan fingerprint density at radius 2 is 1.76 bits per heavy atom. The largest absolute Gasteiger partial charge is 0.374 e. The normalized spacial score (nSPS) is 11.1. The number of rotatable bonds is 8. The third-order valence-electron chi connectivity index (χ3n) is 3.59. The molecule has 132 valence electrons. The molecule has 1 amide bonds. The molecule has 0 aliphatic carbocycles. The van der Waals surface area contributed by atoms with Gasteiger partial charge in [0.1, 0.15) is 0 Å². The van der Waals surface area contributed by atoms with Gasteiger partial charge >= 0.3 is 0 Å². The Kier molecular flexibility index (Phi) is 6.25. The maximum Gasteiger partial charge on any atom is 0.273 e. The van der Waals surface area contributed by atoms with E-state index in [9.17, 15) is 14.9 Å². The van der Waals surface area contributed by atoms with E-state index >= 15 is 0 Å². The van der Waals surface area contributed by atoms with Gasteiger partial charge in [0.05, 0.1) is 30.1 Å². The van der Waals surface area contributed by atoms with Crippen LogP contribution in [0.5, 0.6) is 0 Å². The molecule has 0 fully saturated rings. The highest BCUT2D eigenvalue weighted by Crippen LogP contribution is 2.18. The Balaban J connectivity index is 1.87. The number of carbonyl (C=O) groups is 1. The van der Waals surface area contributed by atoms with Gasteiger partial charge in [-0.2, -0.15) is 0 Å². The summed E-state index contributed by atoms with van der Waals surface area (Å²) >= 11 is 0. The second-order valence-corrected chi connectivity index (χ2v) is 6.47. The van der Waals surface area contributed by atoms with Crippen molar-refractivity contribution in [3.05, 3.63) is 75.8 Å². The van der Waals surface area contributed by atoms with Crippen molar-refractivity contribution in [2.45, 2.75) is 32.4 Å². The first kappa shape index (κ1) is 18.6. The van der Waals surface area contributed by atoms with Gasteiger partial charge in [-0.25, -0.2) is 0 Å². The lowest BCUT2D eigenvalue weighted by Gasteiger charge is -2.26. The van der Waals surface area contributed by atoms with Crippen LogP contribution < -0.4 is 5.32 Å². The lowest BCUT2D eigenvalue weighted by Crippen LogP contribution is -2.47. The number of nitrogens with zero attached hydrogens (tertiary/aromatic N) is 1. The number of nitro groups is 1. The van der Waals surface area contributed by atoms with Gasteiger partial charge in [0.25, 0.3) is 5.69 Å². The van der Waals surface area contributed by atoms with Crippen molar-refractivity contribution >= 4 is 11.6 Å². The Hall–Kier alpha value is -2.73. The van der Waals surface area contributed by atoms with Gasteiger partial charge in [0, 0.05) is 11.6 Å². The van der Waals surface area contributed by atoms with Gasteiger partial charge in [-0.15, -0.1) is 0 Å². The molecule has 0 aromatic heterocycles. The van der Waals surface area contributed by atoms with Gasteiger partial charge < -0.3 is 10.1 Å². The van der Waals surface area contributed by atoms with Gasteiger partial charge in [0.15, 0.2) is 0 Å². The van der Waals surface area contributed by atoms with E-state index in [2.05, 4.69) is 5.32 Å². The molecule has 2 aromatic rings. The topological polar surface area (TPSA) is 81.5 Å². The number of nitrogens with one attached hydrogen (secondary N) is 1. The van der Waals surface area contributed by atoms with Crippen molar-refractivity contribution in [1.82, 2.24) is 5.32 Å². The molecule has 2 aromatic carbocycles. The number of amides is 1. The first-order valence-electron chi connectivity index (χ1n) is 8.02. The molecule has 0 atom stereocenters. The molecule has 0 unspecified atom stereocenters. The average Bonchev–Trinajstić information content (AvgIpc) is 2.55. The lowest BCUT2D eigenvalue weighted by molar-refractivity contribution is -0.385. The van der Waals surface area contributed by atoms with Crippen molar-refractivity contribution in [3.63, 3.8) is 0 Å². The zero-order valence-corrected chi connectivity index (χ0v) is 14.4. The number of hydrogen-bond donors (Lipinski definition) is 1. The second kappa shape index (κ2) is 8.39. The standard InChI is InChI=1S/C19H22N2O4/c1-19(2,14-25-13-15-8-4-3-5-9-15)20-18(22)12-16-10-6-7-11-17(16)21(23)24/h3-11H,12-14H2,1-2H3,(H,20,22). The summed E-state index contributed by atoms with van der Waals surface area (Å²) < 4.78 is 5.67. The molecule has 0 bridgehead atoms. The van der Waals surface area contributed by atoms with E-state index in [1.165, 1.54) is 6.07 Å². The van der Waals surface area contributed by atoms with Crippen LogP contribution in [0.2, 0.25) is 0 Å². The number of nitro benzene ring substituents is 1. The van der Waals surface area contributed by atoms with Crippen LogP contribution in [0.15, 0.2) is 54.6 Å². The predicted octanol–water partition coefficient (Wildman–Crippen LogP) is 3.25. The Morgan fingerprint density at radius 3 is 2.44 bits per heavy atom. The van der Waals surface area contributed by atoms with Crippen LogP contribution in [0.3, 0.4) is 0 Å². The molecule has 0 heterocycles. The van der Waals surface area contributed by atoms with Gasteiger partial charge in [-0.3, -0.25) is 14.9 Å². The smallest absolute Gasteiger partial charge is 0.273 e. The number of para-hydroxylation sites is 1. The third-order valence-corrected chi connectivity index (χ3v) is 3.59. The molecule has 0 saturated heterocycles. The molecule has 6 nitrogen and oxygen atoms in total. The van der Waals surface area contributed by atoms with Crippen LogP contribution in [0, 0.1) is 10.1 Å². The van der Waals surface area contributed by atoms with E-state index in [1.54, 1.807) is 18.2 Å². The van der Waals surface area contributed by atoms with Gasteiger partial charge in [0.2, 0.25) is 5.91 Å². The summed E-state index contributed by atoms with van der Waals surface area (Å²) in [6.45, 7) is 4.51. The van der Waals surface area contributed by atoms with E-state index in [-0.39, 0.29) is 18.0 Å². The van der Waals surface area contributed by atoms with E-state index in [4.69, 9.17) is 4.74 Å². The Morgan fingerprint density at radius 1 is 1.12 bits per heavy atom. The summed E-state index contributed by atoms with van der Waals surface area (Å²) in [5.74, 6) is -0.275. The number of carbonyl (C=O) groups excluding carboxylic acids is 1. The van der Waals surface area contributed by atoms with Crippen LogP contribution in [0.4, 0.5) is 5.69 Å². The maximum atomic E-state index is 12.2. The molecular formula is C19H22N2O4. The lowest BCUT2D eigenvalue weighted by atomic mass is 10.0. The minimum Gasteiger partial charge on any atom is -0.374 e. The second-order valence-electron chi connectivity index (χ2n) is 6.47. The van der Waals surface area contributed by atoms with E-state index < -0.39 is 10.5 Å². The van der Waals surface area contributed by atoms with Crippen molar-refractivity contribution in [2.75, 3.05) is 6.61 Å². The van der Waals surface area contributed by atoms with Crippen molar-refractivity contribution in [3.8, 4) is 0 Å². The van der Waals surface area contributed by atoms with E-state index in [0.29, 0.717) is 18.8 Å². The van der Waals surface area contributed by atoms with Crippen LogP contribution in [-0.2, 0) is 22.6 Å². The van der Waals surface area contributed by atoms with E-state index in [0.717, 1.165) is 5.56 Å². The highest BCUT2D eigenvalue weighted by Gasteiger charge is 2.23. The molecule has 0 radical (unpaired) electrons. The van der Waals surface area contributed by atoms with Crippen LogP contribution in [-0.4, -0.2) is 23.0 Å². The van der Waals surface area contributed by atoms with Crippen LogP contribution >= 0.6 is 0 Å². The summed E-state index contributed by atoms with van der Waals surface area (Å²) in [6.07, 6.45) is -0.0424. The monoisotopic (exact) mass is 342 g/mol. The molecule has 0 saturated carbocycles. The molecule has 2 rings (SSSR count). The van der Waals surface area contributed by atoms with Crippen molar-refractivity contribution < 1.29 is 14.5 Å². The minimum atomic E-state index is -0.574. The molecule has 0 aliphatic heterocycles. The Bertz CT molecular complexity index is 729. The first-order valence-corrected chi connectivity index (χ1v) is 8.02.